The molecule has 3 aromatic rings. The van der Waals surface area contributed by atoms with Gasteiger partial charge in [0.1, 0.15) is 16.8 Å². The highest BCUT2D eigenvalue weighted by Crippen LogP contribution is 2.27. The van der Waals surface area contributed by atoms with Crippen LogP contribution >= 0.6 is 11.3 Å². The highest BCUT2D eigenvalue weighted by Gasteiger charge is 2.11. The van der Waals surface area contributed by atoms with Crippen molar-refractivity contribution in [3.05, 3.63) is 34.4 Å². The zero-order valence-corrected chi connectivity index (χ0v) is 10.8. The average molecular weight is 254 g/mol. The van der Waals surface area contributed by atoms with Crippen molar-refractivity contribution in [1.82, 2.24) is 14.5 Å². The molecule has 0 aliphatic heterocycles. The lowest BCUT2D eigenvalue weighted by molar-refractivity contribution is 0.886. The van der Waals surface area contributed by atoms with Gasteiger partial charge in [-0.05, 0) is 19.1 Å². The second-order valence-electron chi connectivity index (χ2n) is 4.06. The van der Waals surface area contributed by atoms with E-state index in [9.17, 15) is 0 Å². The first-order valence-electron chi connectivity index (χ1n) is 5.47. The van der Waals surface area contributed by atoms with E-state index in [0.717, 1.165) is 28.1 Å². The second-order valence-corrected chi connectivity index (χ2v) is 4.92. The van der Waals surface area contributed by atoms with Gasteiger partial charge in [-0.25, -0.2) is 9.97 Å². The topological polar surface area (TPSA) is 54.5 Å². The number of hydrogen-bond donors (Lipinski definition) is 0. The summed E-state index contributed by atoms with van der Waals surface area (Å²) in [7, 11) is 1.99. The van der Waals surface area contributed by atoms with Crippen LogP contribution in [0.1, 0.15) is 10.7 Å². The van der Waals surface area contributed by atoms with Gasteiger partial charge in [0.2, 0.25) is 0 Å². The van der Waals surface area contributed by atoms with Gasteiger partial charge in [0.15, 0.2) is 0 Å². The largest absolute Gasteiger partial charge is 0.331 e. The predicted molar refractivity (Wildman–Crippen MR) is 71.3 cm³/mol. The normalized spacial score (nSPS) is 10.7. The van der Waals surface area contributed by atoms with Crippen LogP contribution in [0.25, 0.3) is 22.3 Å². The van der Waals surface area contributed by atoms with E-state index in [-0.39, 0.29) is 0 Å². The third kappa shape index (κ3) is 1.50. The van der Waals surface area contributed by atoms with Crippen LogP contribution in [0, 0.1) is 18.3 Å². The molecule has 2 aromatic heterocycles. The molecular formula is C13H10N4S. The number of nitriles is 1. The molecule has 88 valence electrons. The number of imidazole rings is 1. The van der Waals surface area contributed by atoms with Crippen LogP contribution in [0.5, 0.6) is 0 Å². The van der Waals surface area contributed by atoms with E-state index in [1.54, 1.807) is 5.51 Å². The molecule has 0 aliphatic carbocycles. The number of aryl methyl sites for hydroxylation is 2. The van der Waals surface area contributed by atoms with Crippen molar-refractivity contribution in [2.24, 2.45) is 7.05 Å². The fourth-order valence-electron chi connectivity index (χ4n) is 2.00. The van der Waals surface area contributed by atoms with Crippen molar-refractivity contribution in [3.63, 3.8) is 0 Å². The lowest BCUT2D eigenvalue weighted by Gasteiger charge is -1.99. The highest BCUT2D eigenvalue weighted by atomic mass is 32.1. The summed E-state index contributed by atoms with van der Waals surface area (Å²) in [6, 6.07) is 8.16. The Morgan fingerprint density at radius 3 is 3.00 bits per heavy atom. The van der Waals surface area contributed by atoms with E-state index in [0.29, 0.717) is 4.88 Å². The minimum atomic E-state index is 0.641. The smallest absolute Gasteiger partial charge is 0.132 e. The van der Waals surface area contributed by atoms with Crippen molar-refractivity contribution in [3.8, 4) is 17.3 Å². The van der Waals surface area contributed by atoms with Crippen LogP contribution in [0.2, 0.25) is 0 Å². The summed E-state index contributed by atoms with van der Waals surface area (Å²) >= 11 is 1.36. The fraction of sp³-hybridized carbons (Fsp3) is 0.154. The van der Waals surface area contributed by atoms with Crippen LogP contribution in [0.4, 0.5) is 0 Å². The molecule has 0 saturated carbocycles. The average Bonchev–Trinajstić information content (AvgIpc) is 2.95. The summed E-state index contributed by atoms with van der Waals surface area (Å²) in [6.07, 6.45) is 0. The van der Waals surface area contributed by atoms with Gasteiger partial charge >= 0.3 is 0 Å². The molecule has 2 heterocycles. The first-order valence-corrected chi connectivity index (χ1v) is 6.35. The minimum absolute atomic E-state index is 0.641. The molecule has 4 nitrogen and oxygen atoms in total. The highest BCUT2D eigenvalue weighted by molar-refractivity contribution is 7.10. The SMILES string of the molecule is Cc1nc2cc(-c3ncsc3C#N)ccc2n1C. The Morgan fingerprint density at radius 2 is 2.22 bits per heavy atom. The molecule has 0 unspecified atom stereocenters. The van der Waals surface area contributed by atoms with Crippen molar-refractivity contribution in [1.29, 1.82) is 5.26 Å². The lowest BCUT2D eigenvalue weighted by atomic mass is 10.1. The van der Waals surface area contributed by atoms with E-state index in [2.05, 4.69) is 16.0 Å². The monoisotopic (exact) mass is 254 g/mol. The van der Waals surface area contributed by atoms with E-state index in [1.165, 1.54) is 11.3 Å². The number of aromatic nitrogens is 3. The maximum atomic E-state index is 9.03. The maximum Gasteiger partial charge on any atom is 0.132 e. The second kappa shape index (κ2) is 3.93. The third-order valence-electron chi connectivity index (χ3n) is 3.05. The Morgan fingerprint density at radius 1 is 1.39 bits per heavy atom. The van der Waals surface area contributed by atoms with Crippen LogP contribution in [-0.4, -0.2) is 14.5 Å². The lowest BCUT2D eigenvalue weighted by Crippen LogP contribution is -1.89. The number of hydrogen-bond acceptors (Lipinski definition) is 4. The van der Waals surface area contributed by atoms with E-state index in [4.69, 9.17) is 5.26 Å². The predicted octanol–water partition coefficient (Wildman–Crippen LogP) is 2.88. The number of nitrogens with zero attached hydrogens (tertiary/aromatic N) is 4. The van der Waals surface area contributed by atoms with E-state index in [1.807, 2.05) is 36.7 Å². The number of thiazole rings is 1. The molecule has 0 bridgehead atoms. The zero-order chi connectivity index (χ0) is 12.7. The Kier molecular flexibility index (Phi) is 2.39. The quantitative estimate of drug-likeness (QED) is 0.671. The van der Waals surface area contributed by atoms with Gasteiger partial charge in [-0.2, -0.15) is 5.26 Å². The summed E-state index contributed by atoms with van der Waals surface area (Å²) < 4.78 is 2.05. The number of benzene rings is 1. The van der Waals surface area contributed by atoms with Crippen LogP contribution < -0.4 is 0 Å². The molecule has 0 amide bonds. The molecule has 3 rings (SSSR count). The Labute approximate surface area is 108 Å². The van der Waals surface area contributed by atoms with Crippen LogP contribution in [0.3, 0.4) is 0 Å². The number of fused-ring (bicyclic) bond motifs is 1. The van der Waals surface area contributed by atoms with Gasteiger partial charge in [-0.3, -0.25) is 0 Å². The zero-order valence-electron chi connectivity index (χ0n) is 10.0. The minimum Gasteiger partial charge on any atom is -0.331 e. The third-order valence-corrected chi connectivity index (χ3v) is 3.78. The van der Waals surface area contributed by atoms with Gasteiger partial charge in [-0.15, -0.1) is 11.3 Å². The molecule has 0 aliphatic rings. The molecule has 0 N–H and O–H groups in total. The Balaban J connectivity index is 2.23. The van der Waals surface area contributed by atoms with E-state index < -0.39 is 0 Å². The fourth-order valence-corrected chi connectivity index (χ4v) is 2.60. The van der Waals surface area contributed by atoms with Crippen LogP contribution in [0.15, 0.2) is 23.7 Å². The van der Waals surface area contributed by atoms with Gasteiger partial charge in [-0.1, -0.05) is 6.07 Å². The molecule has 18 heavy (non-hydrogen) atoms. The van der Waals surface area contributed by atoms with Crippen molar-refractivity contribution in [2.45, 2.75) is 6.92 Å². The summed E-state index contributed by atoms with van der Waals surface area (Å²) in [5.41, 5.74) is 5.40. The maximum absolute atomic E-state index is 9.03. The molecule has 0 spiro atoms. The van der Waals surface area contributed by atoms with E-state index >= 15 is 0 Å². The molecule has 0 saturated heterocycles. The first kappa shape index (κ1) is 10.9. The molecule has 1 aromatic carbocycles. The molecule has 0 atom stereocenters. The van der Waals surface area contributed by atoms with Crippen molar-refractivity contribution >= 4 is 22.4 Å². The van der Waals surface area contributed by atoms with Crippen LogP contribution in [-0.2, 0) is 7.05 Å². The van der Waals surface area contributed by atoms with Crippen molar-refractivity contribution in [2.75, 3.05) is 0 Å². The molecular weight excluding hydrogens is 244 g/mol. The molecule has 0 radical (unpaired) electrons. The number of rotatable bonds is 1. The molecule has 0 fully saturated rings. The van der Waals surface area contributed by atoms with Gasteiger partial charge in [0, 0.05) is 12.6 Å². The molecule has 5 heteroatoms. The Bertz CT molecular complexity index is 776. The van der Waals surface area contributed by atoms with Crippen molar-refractivity contribution < 1.29 is 0 Å². The summed E-state index contributed by atoms with van der Waals surface area (Å²) in [6.45, 7) is 1.98. The van der Waals surface area contributed by atoms with Gasteiger partial charge in [0.25, 0.3) is 0 Å². The van der Waals surface area contributed by atoms with Gasteiger partial charge in [0.05, 0.1) is 22.2 Å². The summed E-state index contributed by atoms with van der Waals surface area (Å²) in [5.74, 6) is 0.973. The summed E-state index contributed by atoms with van der Waals surface area (Å²) in [4.78, 5) is 9.39. The first-order chi connectivity index (χ1) is 8.70. The van der Waals surface area contributed by atoms with Gasteiger partial charge < -0.3 is 4.57 Å². The standard InChI is InChI=1S/C13H10N4S/c1-8-16-10-5-9(3-4-11(10)17(8)2)13-12(6-14)18-7-15-13/h3-5,7H,1-2H3. The summed E-state index contributed by atoms with van der Waals surface area (Å²) in [5, 5.41) is 9.03. The Hall–Kier alpha value is -2.19.